The topological polar surface area (TPSA) is 163 Å². The van der Waals surface area contributed by atoms with Crippen LogP contribution in [0.25, 0.3) is 0 Å². The normalized spacial score (nSPS) is 14.4. The van der Waals surface area contributed by atoms with Gasteiger partial charge in [0.05, 0.1) is 10.2 Å². The van der Waals surface area contributed by atoms with E-state index in [2.05, 4.69) is 46.9 Å². The average Bonchev–Trinajstić information content (AvgIpc) is 3.42. The molecule has 1 fully saturated rings. The third-order valence-electron chi connectivity index (χ3n) is 4.31. The summed E-state index contributed by atoms with van der Waals surface area (Å²) in [5, 5.41) is 22.5. The second-order valence-electron chi connectivity index (χ2n) is 6.88. The number of nitrogens with two attached hydrogens (primary N) is 1. The first-order chi connectivity index (χ1) is 15.0. The highest BCUT2D eigenvalue weighted by Crippen LogP contribution is 2.32. The summed E-state index contributed by atoms with van der Waals surface area (Å²) in [7, 11) is 0. The van der Waals surface area contributed by atoms with Gasteiger partial charge < -0.3 is 11.1 Å². The molecule has 6 N–H and O–H groups in total. The van der Waals surface area contributed by atoms with Crippen molar-refractivity contribution in [2.75, 3.05) is 18.4 Å². The summed E-state index contributed by atoms with van der Waals surface area (Å²) in [4.78, 5) is 20.0. The average molecular weight is 497 g/mol. The molecule has 1 amide bonds. The van der Waals surface area contributed by atoms with E-state index in [1.54, 1.807) is 0 Å². The summed E-state index contributed by atoms with van der Waals surface area (Å²) in [6, 6.07) is 4.11. The van der Waals surface area contributed by atoms with Crippen molar-refractivity contribution in [2.24, 2.45) is 21.6 Å². The zero-order chi connectivity index (χ0) is 22.2. The van der Waals surface area contributed by atoms with Crippen LogP contribution in [-0.2, 0) is 4.79 Å². The number of hydrogen-bond donors (Lipinski definition) is 5. The molecule has 1 aromatic heterocycles. The van der Waals surface area contributed by atoms with E-state index in [0.29, 0.717) is 37.5 Å². The fraction of sp³-hybridized carbons (Fsp3) is 0.389. The molecule has 1 aromatic carbocycles. The minimum absolute atomic E-state index is 0.0390. The zero-order valence-electron chi connectivity index (χ0n) is 16.4. The fourth-order valence-corrected chi connectivity index (χ4v) is 2.94. The number of amidine groups is 1. The molecular weight excluding hydrogens is 475 g/mol. The molecule has 1 aliphatic carbocycles. The summed E-state index contributed by atoms with van der Waals surface area (Å²) in [6.45, 7) is 0.820. The summed E-state index contributed by atoms with van der Waals surface area (Å²) in [5.74, 6) is 0.233. The molecule has 0 saturated heterocycles. The monoisotopic (exact) mass is 496 g/mol. The molecule has 0 aliphatic heterocycles. The van der Waals surface area contributed by atoms with Crippen molar-refractivity contribution in [1.82, 2.24) is 21.1 Å². The van der Waals surface area contributed by atoms with Crippen molar-refractivity contribution < 1.29 is 19.0 Å². The van der Waals surface area contributed by atoms with Crippen LogP contribution in [0.2, 0.25) is 0 Å². The molecule has 31 heavy (non-hydrogen) atoms. The van der Waals surface area contributed by atoms with Crippen LogP contribution in [0.15, 0.2) is 37.3 Å². The summed E-state index contributed by atoms with van der Waals surface area (Å²) in [6.07, 6.45) is 3.25. The van der Waals surface area contributed by atoms with Crippen molar-refractivity contribution in [1.29, 1.82) is 0 Å². The molecule has 1 heterocycles. The first-order valence-electron chi connectivity index (χ1n) is 9.56. The number of benzene rings is 1. The Hall–Kier alpha value is -3.06. The number of halogens is 2. The van der Waals surface area contributed by atoms with Gasteiger partial charge in [0.25, 0.3) is 0 Å². The van der Waals surface area contributed by atoms with Crippen molar-refractivity contribution in [3.63, 3.8) is 0 Å². The van der Waals surface area contributed by atoms with Gasteiger partial charge in [-0.3, -0.25) is 25.8 Å². The molecule has 2 aromatic rings. The Labute approximate surface area is 185 Å². The Morgan fingerprint density at radius 1 is 1.39 bits per heavy atom. The largest absolute Gasteiger partial charge is 0.370 e. The highest BCUT2D eigenvalue weighted by atomic mass is 79.9. The van der Waals surface area contributed by atoms with Gasteiger partial charge in [0.2, 0.25) is 11.7 Å². The van der Waals surface area contributed by atoms with Crippen LogP contribution in [0.5, 0.6) is 0 Å². The molecule has 0 unspecified atom stereocenters. The molecule has 0 bridgehead atoms. The van der Waals surface area contributed by atoms with Crippen LogP contribution in [0.1, 0.15) is 31.4 Å². The van der Waals surface area contributed by atoms with Gasteiger partial charge >= 0.3 is 0 Å². The van der Waals surface area contributed by atoms with Crippen LogP contribution < -0.4 is 21.8 Å². The minimum atomic E-state index is -0.436. The van der Waals surface area contributed by atoms with Gasteiger partial charge in [0, 0.05) is 19.5 Å². The molecule has 13 heteroatoms. The maximum atomic E-state index is 13.4. The number of anilines is 1. The van der Waals surface area contributed by atoms with Gasteiger partial charge in [-0.2, -0.15) is 0 Å². The number of rotatable bonds is 9. The lowest BCUT2D eigenvalue weighted by Crippen LogP contribution is -2.37. The van der Waals surface area contributed by atoms with Crippen LogP contribution in [0, 0.1) is 11.7 Å². The molecule has 166 valence electrons. The van der Waals surface area contributed by atoms with Gasteiger partial charge in [-0.15, -0.1) is 0 Å². The third-order valence-corrected chi connectivity index (χ3v) is 4.92. The lowest BCUT2D eigenvalue weighted by Gasteiger charge is -2.06. The van der Waals surface area contributed by atoms with Crippen LogP contribution in [-0.4, -0.2) is 46.3 Å². The van der Waals surface area contributed by atoms with Crippen molar-refractivity contribution in [3.05, 3.63) is 34.2 Å². The Bertz CT molecular complexity index is 976. The predicted molar refractivity (Wildman–Crippen MR) is 115 cm³/mol. The Morgan fingerprint density at radius 2 is 2.19 bits per heavy atom. The maximum absolute atomic E-state index is 13.4. The Balaban J connectivity index is 1.51. The first kappa shape index (κ1) is 22.6. The quantitative estimate of drug-likeness (QED) is 0.152. The number of hydroxylamine groups is 1. The van der Waals surface area contributed by atoms with Gasteiger partial charge in [-0.25, -0.2) is 14.0 Å². The molecule has 1 saturated carbocycles. The summed E-state index contributed by atoms with van der Waals surface area (Å²) < 4.78 is 18.3. The third kappa shape index (κ3) is 7.00. The number of nitrogens with one attached hydrogen (secondary N) is 3. The zero-order valence-corrected chi connectivity index (χ0v) is 18.0. The van der Waals surface area contributed by atoms with Crippen molar-refractivity contribution in [2.45, 2.75) is 25.7 Å². The highest BCUT2D eigenvalue weighted by molar-refractivity contribution is 9.10. The van der Waals surface area contributed by atoms with Crippen LogP contribution >= 0.6 is 15.9 Å². The second-order valence-corrected chi connectivity index (χ2v) is 7.73. The number of hydrogen-bond acceptors (Lipinski definition) is 8. The number of aromatic nitrogens is 2. The molecule has 3 rings (SSSR count). The SMILES string of the molecule is NC(=NCCCNc1nonc1C(=Nc1ccc(F)c(Br)c1)NO)NC(=O)CC1CC1. The molecule has 11 nitrogen and oxygen atoms in total. The van der Waals surface area contributed by atoms with E-state index >= 15 is 0 Å². The summed E-state index contributed by atoms with van der Waals surface area (Å²) >= 11 is 3.08. The van der Waals surface area contributed by atoms with Gasteiger partial charge in [-0.05, 0) is 69.6 Å². The van der Waals surface area contributed by atoms with E-state index in [1.807, 2.05) is 5.48 Å². The van der Waals surface area contributed by atoms with Gasteiger partial charge in [-0.1, -0.05) is 0 Å². The van der Waals surface area contributed by atoms with Crippen molar-refractivity contribution in [3.8, 4) is 0 Å². The number of guanidine groups is 1. The summed E-state index contributed by atoms with van der Waals surface area (Å²) in [5.41, 5.74) is 8.15. The molecule has 1 aliphatic rings. The predicted octanol–water partition coefficient (Wildman–Crippen LogP) is 2.06. The van der Waals surface area contributed by atoms with E-state index in [4.69, 9.17) is 10.4 Å². The van der Waals surface area contributed by atoms with E-state index in [9.17, 15) is 14.4 Å². The lowest BCUT2D eigenvalue weighted by molar-refractivity contribution is -0.120. The van der Waals surface area contributed by atoms with E-state index in [1.165, 1.54) is 18.2 Å². The van der Waals surface area contributed by atoms with Crippen molar-refractivity contribution >= 4 is 45.1 Å². The Morgan fingerprint density at radius 3 is 2.90 bits per heavy atom. The fourth-order valence-electron chi connectivity index (χ4n) is 2.58. The van der Waals surface area contributed by atoms with E-state index in [-0.39, 0.29) is 33.7 Å². The first-order valence-corrected chi connectivity index (χ1v) is 10.4. The minimum Gasteiger partial charge on any atom is -0.370 e. The lowest BCUT2D eigenvalue weighted by atomic mass is 10.3. The number of aliphatic imine (C=N–C) groups is 2. The molecule has 0 radical (unpaired) electrons. The second kappa shape index (κ2) is 10.8. The van der Waals surface area contributed by atoms with Crippen LogP contribution in [0.4, 0.5) is 15.9 Å². The number of amides is 1. The standard InChI is InChI=1S/C18H22BrFN8O3/c19-12-9-11(4-5-13(12)20)24-17(26-30)15-16(28-31-27-15)22-6-1-7-23-18(21)25-14(29)8-10-2-3-10/h4-5,9-10,30H,1-3,6-8H2,(H,22,28)(H,24,26)(H3,21,23,25,29). The highest BCUT2D eigenvalue weighted by Gasteiger charge is 2.24. The number of nitrogens with zero attached hydrogens (tertiary/aromatic N) is 4. The van der Waals surface area contributed by atoms with E-state index in [0.717, 1.165) is 12.8 Å². The van der Waals surface area contributed by atoms with Crippen LogP contribution in [0.3, 0.4) is 0 Å². The van der Waals surface area contributed by atoms with Gasteiger partial charge in [0.1, 0.15) is 5.82 Å². The number of carbonyl (C=O) groups excluding carboxylic acids is 1. The van der Waals surface area contributed by atoms with Gasteiger partial charge in [0.15, 0.2) is 17.5 Å². The molecule has 0 atom stereocenters. The molecule has 0 spiro atoms. The number of carbonyl (C=O) groups is 1. The maximum Gasteiger partial charge on any atom is 0.226 e. The Kier molecular flexibility index (Phi) is 7.89. The molecular formula is C18H22BrFN8O3. The van der Waals surface area contributed by atoms with E-state index < -0.39 is 5.82 Å². The smallest absolute Gasteiger partial charge is 0.226 e.